The van der Waals surface area contributed by atoms with E-state index in [1.165, 1.54) is 0 Å². The van der Waals surface area contributed by atoms with Crippen molar-refractivity contribution in [2.45, 2.75) is 6.54 Å². The fourth-order valence-corrected chi connectivity index (χ4v) is 0.898. The summed E-state index contributed by atoms with van der Waals surface area (Å²) in [6.45, 7) is 0.565. The maximum Gasteiger partial charge on any atom is 0.115 e. The van der Waals surface area contributed by atoms with Gasteiger partial charge in [0, 0.05) is 6.54 Å². The Labute approximate surface area is 64.6 Å². The van der Waals surface area contributed by atoms with Gasteiger partial charge < -0.3 is 5.11 Å². The molecular formula is C7H8ClNO. The number of hydrogen-bond acceptors (Lipinski definition) is 2. The Morgan fingerprint density at radius 3 is 2.90 bits per heavy atom. The van der Waals surface area contributed by atoms with Gasteiger partial charge in [-0.15, -0.1) is 0 Å². The topological polar surface area (TPSA) is 32.3 Å². The molecule has 3 heteroatoms. The zero-order valence-electron chi connectivity index (χ0n) is 5.34. The molecule has 54 valence electrons. The van der Waals surface area contributed by atoms with E-state index >= 15 is 0 Å². The van der Waals surface area contributed by atoms with Crippen molar-refractivity contribution < 1.29 is 5.11 Å². The second kappa shape index (κ2) is 3.44. The first kappa shape index (κ1) is 7.38. The molecule has 0 saturated carbocycles. The van der Waals surface area contributed by atoms with Crippen molar-refractivity contribution in [1.29, 1.82) is 0 Å². The minimum absolute atomic E-state index is 0.268. The van der Waals surface area contributed by atoms with Gasteiger partial charge in [-0.2, -0.15) is 0 Å². The summed E-state index contributed by atoms with van der Waals surface area (Å²) in [4.78, 5) is 2.47. The summed E-state index contributed by atoms with van der Waals surface area (Å²) in [5.41, 5.74) is 0.968. The molecule has 0 atom stereocenters. The number of phenolic OH excluding ortho intramolecular Hbond substituents is 1. The Kier molecular flexibility index (Phi) is 2.54. The van der Waals surface area contributed by atoms with E-state index in [1.807, 2.05) is 6.07 Å². The molecule has 0 amide bonds. The number of hydrogen-bond donors (Lipinski definition) is 2. The average Bonchev–Trinajstić information content (AvgIpc) is 1.88. The summed E-state index contributed by atoms with van der Waals surface area (Å²) in [5.74, 6) is 0.268. The van der Waals surface area contributed by atoms with Crippen LogP contribution in [0.25, 0.3) is 0 Å². The summed E-state index contributed by atoms with van der Waals surface area (Å²) in [7, 11) is 0. The van der Waals surface area contributed by atoms with E-state index in [1.54, 1.807) is 18.2 Å². The first-order chi connectivity index (χ1) is 4.83. The number of halogens is 1. The number of benzene rings is 1. The molecule has 1 rings (SSSR count). The number of nitrogens with one attached hydrogen (secondary N) is 1. The van der Waals surface area contributed by atoms with Crippen LogP contribution in [0.15, 0.2) is 24.3 Å². The summed E-state index contributed by atoms with van der Waals surface area (Å²) in [6.07, 6.45) is 0. The predicted molar refractivity (Wildman–Crippen MR) is 40.8 cm³/mol. The smallest absolute Gasteiger partial charge is 0.115 e. The molecule has 0 saturated heterocycles. The lowest BCUT2D eigenvalue weighted by atomic mass is 10.2. The molecule has 10 heavy (non-hydrogen) atoms. The summed E-state index contributed by atoms with van der Waals surface area (Å²) >= 11 is 5.26. The lowest BCUT2D eigenvalue weighted by Gasteiger charge is -1.97. The Hall–Kier alpha value is -0.730. The van der Waals surface area contributed by atoms with Gasteiger partial charge in [-0.1, -0.05) is 12.1 Å². The van der Waals surface area contributed by atoms with E-state index in [0.717, 1.165) is 5.56 Å². The molecule has 0 unspecified atom stereocenters. The molecule has 0 aromatic heterocycles. The van der Waals surface area contributed by atoms with Gasteiger partial charge in [0.05, 0.1) is 0 Å². The third-order valence-corrected chi connectivity index (χ3v) is 1.32. The van der Waals surface area contributed by atoms with Crippen molar-refractivity contribution in [2.75, 3.05) is 0 Å². The molecule has 0 fully saturated rings. The van der Waals surface area contributed by atoms with Crippen LogP contribution in [0.2, 0.25) is 0 Å². The Balaban J connectivity index is 2.75. The van der Waals surface area contributed by atoms with Gasteiger partial charge in [-0.05, 0) is 29.5 Å². The Morgan fingerprint density at radius 2 is 2.30 bits per heavy atom. The predicted octanol–water partition coefficient (Wildman–Crippen LogP) is 1.64. The lowest BCUT2D eigenvalue weighted by molar-refractivity contribution is 0.474. The maximum atomic E-state index is 8.97. The number of phenols is 1. The molecule has 1 aromatic rings. The summed E-state index contributed by atoms with van der Waals surface area (Å²) < 4.78 is 0. The average molecular weight is 158 g/mol. The minimum atomic E-state index is 0.268. The van der Waals surface area contributed by atoms with Crippen LogP contribution < -0.4 is 4.84 Å². The van der Waals surface area contributed by atoms with Crippen molar-refractivity contribution >= 4 is 11.8 Å². The Morgan fingerprint density at radius 1 is 1.50 bits per heavy atom. The first-order valence-corrected chi connectivity index (χ1v) is 3.32. The second-order valence-electron chi connectivity index (χ2n) is 1.98. The molecule has 0 bridgehead atoms. The van der Waals surface area contributed by atoms with Gasteiger partial charge in [-0.25, -0.2) is 4.84 Å². The Bertz CT molecular complexity index is 215. The van der Waals surface area contributed by atoms with Crippen LogP contribution in [0, 0.1) is 0 Å². The van der Waals surface area contributed by atoms with Crippen molar-refractivity contribution in [1.82, 2.24) is 4.84 Å². The van der Waals surface area contributed by atoms with Gasteiger partial charge >= 0.3 is 0 Å². The van der Waals surface area contributed by atoms with E-state index in [-0.39, 0.29) is 5.75 Å². The quantitative estimate of drug-likeness (QED) is 0.640. The minimum Gasteiger partial charge on any atom is -0.508 e. The molecule has 0 spiro atoms. The third kappa shape index (κ3) is 1.90. The van der Waals surface area contributed by atoms with Crippen LogP contribution in [-0.2, 0) is 6.54 Å². The molecule has 2 nitrogen and oxygen atoms in total. The van der Waals surface area contributed by atoms with Crippen LogP contribution in [0.5, 0.6) is 5.75 Å². The zero-order chi connectivity index (χ0) is 7.40. The molecule has 0 aliphatic rings. The maximum absolute atomic E-state index is 8.97. The standard InChI is InChI=1S/C7H8ClNO/c8-9-5-6-2-1-3-7(10)4-6/h1-4,9-10H,5H2. The summed E-state index contributed by atoms with van der Waals surface area (Å²) in [5, 5.41) is 8.97. The SMILES string of the molecule is Oc1cccc(CNCl)c1. The number of aromatic hydroxyl groups is 1. The van der Waals surface area contributed by atoms with E-state index in [4.69, 9.17) is 16.9 Å². The van der Waals surface area contributed by atoms with Gasteiger partial charge in [0.25, 0.3) is 0 Å². The largest absolute Gasteiger partial charge is 0.508 e. The van der Waals surface area contributed by atoms with Gasteiger partial charge in [0.15, 0.2) is 0 Å². The van der Waals surface area contributed by atoms with E-state index in [0.29, 0.717) is 6.54 Å². The van der Waals surface area contributed by atoms with Crippen molar-refractivity contribution in [2.24, 2.45) is 0 Å². The molecule has 0 aliphatic carbocycles. The van der Waals surface area contributed by atoms with Gasteiger partial charge in [0.1, 0.15) is 5.75 Å². The molecular weight excluding hydrogens is 150 g/mol. The van der Waals surface area contributed by atoms with Crippen LogP contribution >= 0.6 is 11.8 Å². The normalized spacial score (nSPS) is 9.70. The molecule has 0 radical (unpaired) electrons. The summed E-state index contributed by atoms with van der Waals surface area (Å²) in [6, 6.07) is 6.95. The monoisotopic (exact) mass is 157 g/mol. The molecule has 0 aliphatic heterocycles. The van der Waals surface area contributed by atoms with Gasteiger partial charge in [0.2, 0.25) is 0 Å². The molecule has 0 heterocycles. The van der Waals surface area contributed by atoms with Crippen LogP contribution in [0.1, 0.15) is 5.56 Å². The lowest BCUT2D eigenvalue weighted by Crippen LogP contribution is -1.96. The van der Waals surface area contributed by atoms with Crippen molar-refractivity contribution in [3.63, 3.8) is 0 Å². The first-order valence-electron chi connectivity index (χ1n) is 2.94. The van der Waals surface area contributed by atoms with Crippen molar-refractivity contribution in [3.8, 4) is 5.75 Å². The van der Waals surface area contributed by atoms with Crippen molar-refractivity contribution in [3.05, 3.63) is 29.8 Å². The highest BCUT2D eigenvalue weighted by molar-refractivity contribution is 6.13. The van der Waals surface area contributed by atoms with E-state index < -0.39 is 0 Å². The third-order valence-electron chi connectivity index (χ3n) is 1.18. The van der Waals surface area contributed by atoms with Gasteiger partial charge in [-0.3, -0.25) is 0 Å². The van der Waals surface area contributed by atoms with Crippen LogP contribution in [0.3, 0.4) is 0 Å². The number of rotatable bonds is 2. The van der Waals surface area contributed by atoms with Crippen LogP contribution in [0.4, 0.5) is 0 Å². The van der Waals surface area contributed by atoms with E-state index in [9.17, 15) is 0 Å². The fourth-order valence-electron chi connectivity index (χ4n) is 0.744. The highest BCUT2D eigenvalue weighted by Gasteiger charge is 1.90. The second-order valence-corrected chi connectivity index (χ2v) is 2.25. The highest BCUT2D eigenvalue weighted by atomic mass is 35.5. The molecule has 1 aromatic carbocycles. The van der Waals surface area contributed by atoms with Crippen LogP contribution in [-0.4, -0.2) is 5.11 Å². The zero-order valence-corrected chi connectivity index (χ0v) is 6.10. The highest BCUT2D eigenvalue weighted by Crippen LogP contribution is 2.10. The fraction of sp³-hybridized carbons (Fsp3) is 0.143. The van der Waals surface area contributed by atoms with E-state index in [2.05, 4.69) is 4.84 Å². The molecule has 2 N–H and O–H groups in total.